The highest BCUT2D eigenvalue weighted by molar-refractivity contribution is 5.78. The molecule has 1 fully saturated rings. The second kappa shape index (κ2) is 7.36. The van der Waals surface area contributed by atoms with Crippen LogP contribution in [-0.4, -0.2) is 43.5 Å². The molecule has 1 heterocycles. The van der Waals surface area contributed by atoms with Crippen LogP contribution in [0.2, 0.25) is 0 Å². The minimum Gasteiger partial charge on any atom is -0.348 e. The fourth-order valence-corrected chi connectivity index (χ4v) is 2.38. The molecule has 1 aromatic rings. The SMILES string of the molecule is C[C@@H](NC(=O)CN1CCCNCC1)c1ccc(F)cc1. The molecule has 0 aliphatic carbocycles. The summed E-state index contributed by atoms with van der Waals surface area (Å²) in [6.45, 7) is 6.14. The highest BCUT2D eigenvalue weighted by atomic mass is 19.1. The molecule has 1 amide bonds. The minimum absolute atomic E-state index is 0.0173. The monoisotopic (exact) mass is 279 g/mol. The number of carbonyl (C=O) groups is 1. The highest BCUT2D eigenvalue weighted by Crippen LogP contribution is 2.12. The average Bonchev–Trinajstić information content (AvgIpc) is 2.68. The molecular weight excluding hydrogens is 257 g/mol. The maximum Gasteiger partial charge on any atom is 0.234 e. The van der Waals surface area contributed by atoms with Crippen LogP contribution in [0, 0.1) is 5.82 Å². The maximum absolute atomic E-state index is 12.9. The quantitative estimate of drug-likeness (QED) is 0.873. The van der Waals surface area contributed by atoms with Crippen LogP contribution in [0.15, 0.2) is 24.3 Å². The molecule has 1 aliphatic rings. The van der Waals surface area contributed by atoms with Crippen molar-refractivity contribution in [3.8, 4) is 0 Å². The second-order valence-corrected chi connectivity index (χ2v) is 5.22. The summed E-state index contributed by atoms with van der Waals surface area (Å²) in [4.78, 5) is 14.2. The van der Waals surface area contributed by atoms with Gasteiger partial charge in [0.25, 0.3) is 0 Å². The molecule has 2 N–H and O–H groups in total. The Bertz CT molecular complexity index is 427. The van der Waals surface area contributed by atoms with Gasteiger partial charge < -0.3 is 10.6 Å². The first-order valence-electron chi connectivity index (χ1n) is 7.13. The van der Waals surface area contributed by atoms with Crippen molar-refractivity contribution in [2.75, 3.05) is 32.7 Å². The summed E-state index contributed by atoms with van der Waals surface area (Å²) >= 11 is 0. The molecule has 0 spiro atoms. The molecule has 110 valence electrons. The van der Waals surface area contributed by atoms with Gasteiger partial charge in [0, 0.05) is 13.1 Å². The normalized spacial score (nSPS) is 18.3. The standard InChI is InChI=1S/C15H22FN3O/c1-12(13-3-5-14(16)6-4-13)18-15(20)11-19-9-2-7-17-8-10-19/h3-6,12,17H,2,7-11H2,1H3,(H,18,20)/t12-/m1/s1. The molecular formula is C15H22FN3O. The average molecular weight is 279 g/mol. The van der Waals surface area contributed by atoms with E-state index in [2.05, 4.69) is 15.5 Å². The Morgan fingerprint density at radius 1 is 1.35 bits per heavy atom. The lowest BCUT2D eigenvalue weighted by atomic mass is 10.1. The molecule has 4 nitrogen and oxygen atoms in total. The van der Waals surface area contributed by atoms with Crippen LogP contribution >= 0.6 is 0 Å². The maximum atomic E-state index is 12.9. The van der Waals surface area contributed by atoms with Crippen molar-refractivity contribution < 1.29 is 9.18 Å². The predicted molar refractivity (Wildman–Crippen MR) is 76.9 cm³/mol. The Balaban J connectivity index is 1.82. The number of nitrogens with zero attached hydrogens (tertiary/aromatic N) is 1. The van der Waals surface area contributed by atoms with Crippen LogP contribution in [0.3, 0.4) is 0 Å². The number of benzene rings is 1. The van der Waals surface area contributed by atoms with E-state index in [0.29, 0.717) is 6.54 Å². The molecule has 0 saturated carbocycles. The first kappa shape index (κ1) is 14.9. The van der Waals surface area contributed by atoms with Gasteiger partial charge in [-0.2, -0.15) is 0 Å². The van der Waals surface area contributed by atoms with Gasteiger partial charge in [-0.3, -0.25) is 9.69 Å². The third kappa shape index (κ3) is 4.58. The number of hydrogen-bond donors (Lipinski definition) is 2. The van der Waals surface area contributed by atoms with E-state index < -0.39 is 0 Å². The van der Waals surface area contributed by atoms with Crippen molar-refractivity contribution in [2.45, 2.75) is 19.4 Å². The zero-order valence-electron chi connectivity index (χ0n) is 11.9. The van der Waals surface area contributed by atoms with Gasteiger partial charge in [0.15, 0.2) is 0 Å². The molecule has 1 atom stereocenters. The van der Waals surface area contributed by atoms with Gasteiger partial charge in [-0.15, -0.1) is 0 Å². The zero-order valence-corrected chi connectivity index (χ0v) is 11.9. The van der Waals surface area contributed by atoms with Gasteiger partial charge in [0.1, 0.15) is 5.82 Å². The van der Waals surface area contributed by atoms with Crippen LogP contribution < -0.4 is 10.6 Å². The molecule has 0 unspecified atom stereocenters. The lowest BCUT2D eigenvalue weighted by Gasteiger charge is -2.21. The smallest absolute Gasteiger partial charge is 0.234 e. The van der Waals surface area contributed by atoms with Crippen LogP contribution in [0.4, 0.5) is 4.39 Å². The van der Waals surface area contributed by atoms with E-state index in [-0.39, 0.29) is 17.8 Å². The summed E-state index contributed by atoms with van der Waals surface area (Å²) in [5.74, 6) is -0.243. The van der Waals surface area contributed by atoms with E-state index in [1.54, 1.807) is 12.1 Å². The Morgan fingerprint density at radius 2 is 2.10 bits per heavy atom. The topological polar surface area (TPSA) is 44.4 Å². The first-order chi connectivity index (χ1) is 9.65. The van der Waals surface area contributed by atoms with Crippen LogP contribution in [0.25, 0.3) is 0 Å². The summed E-state index contributed by atoms with van der Waals surface area (Å²) in [6.07, 6.45) is 1.07. The Kier molecular flexibility index (Phi) is 5.49. The van der Waals surface area contributed by atoms with E-state index in [1.165, 1.54) is 12.1 Å². The Hall–Kier alpha value is -1.46. The largest absolute Gasteiger partial charge is 0.348 e. The van der Waals surface area contributed by atoms with Gasteiger partial charge in [-0.1, -0.05) is 12.1 Å². The number of amides is 1. The summed E-state index contributed by atoms with van der Waals surface area (Å²) in [5.41, 5.74) is 0.914. The van der Waals surface area contributed by atoms with E-state index in [0.717, 1.165) is 38.2 Å². The van der Waals surface area contributed by atoms with Crippen molar-refractivity contribution in [3.63, 3.8) is 0 Å². The van der Waals surface area contributed by atoms with E-state index in [1.807, 2.05) is 6.92 Å². The van der Waals surface area contributed by atoms with Crippen LogP contribution in [0.5, 0.6) is 0 Å². The summed E-state index contributed by atoms with van der Waals surface area (Å²) in [5, 5.41) is 6.27. The number of hydrogen-bond acceptors (Lipinski definition) is 3. The molecule has 1 aromatic carbocycles. The molecule has 1 saturated heterocycles. The van der Waals surface area contributed by atoms with E-state index in [9.17, 15) is 9.18 Å². The second-order valence-electron chi connectivity index (χ2n) is 5.22. The van der Waals surface area contributed by atoms with Gasteiger partial charge >= 0.3 is 0 Å². The number of carbonyl (C=O) groups excluding carboxylic acids is 1. The van der Waals surface area contributed by atoms with Crippen molar-refractivity contribution in [1.82, 2.24) is 15.5 Å². The first-order valence-corrected chi connectivity index (χ1v) is 7.13. The van der Waals surface area contributed by atoms with Crippen molar-refractivity contribution >= 4 is 5.91 Å². The van der Waals surface area contributed by atoms with Crippen molar-refractivity contribution in [1.29, 1.82) is 0 Å². The fourth-order valence-electron chi connectivity index (χ4n) is 2.38. The van der Waals surface area contributed by atoms with Crippen molar-refractivity contribution in [3.05, 3.63) is 35.6 Å². The molecule has 0 bridgehead atoms. The number of rotatable bonds is 4. The molecule has 1 aliphatic heterocycles. The summed E-state index contributed by atoms with van der Waals surface area (Å²) in [6, 6.07) is 6.14. The van der Waals surface area contributed by atoms with Gasteiger partial charge in [0.05, 0.1) is 12.6 Å². The molecule has 20 heavy (non-hydrogen) atoms. The molecule has 0 radical (unpaired) electrons. The van der Waals surface area contributed by atoms with Crippen LogP contribution in [-0.2, 0) is 4.79 Å². The predicted octanol–water partition coefficient (Wildman–Crippen LogP) is 1.30. The van der Waals surface area contributed by atoms with Gasteiger partial charge in [0.2, 0.25) is 5.91 Å². The van der Waals surface area contributed by atoms with Gasteiger partial charge in [-0.25, -0.2) is 4.39 Å². The summed E-state index contributed by atoms with van der Waals surface area (Å²) in [7, 11) is 0. The fraction of sp³-hybridized carbons (Fsp3) is 0.533. The zero-order chi connectivity index (χ0) is 14.4. The van der Waals surface area contributed by atoms with Crippen molar-refractivity contribution in [2.24, 2.45) is 0 Å². The van der Waals surface area contributed by atoms with E-state index >= 15 is 0 Å². The number of halogens is 1. The van der Waals surface area contributed by atoms with E-state index in [4.69, 9.17) is 0 Å². The van der Waals surface area contributed by atoms with Gasteiger partial charge in [-0.05, 0) is 44.1 Å². The van der Waals surface area contributed by atoms with Crippen LogP contribution in [0.1, 0.15) is 24.9 Å². The Morgan fingerprint density at radius 3 is 2.85 bits per heavy atom. The lowest BCUT2D eigenvalue weighted by Crippen LogP contribution is -2.39. The minimum atomic E-state index is -0.260. The third-order valence-electron chi connectivity index (χ3n) is 3.55. The lowest BCUT2D eigenvalue weighted by molar-refractivity contribution is -0.122. The highest BCUT2D eigenvalue weighted by Gasteiger charge is 2.15. The molecule has 5 heteroatoms. The molecule has 2 rings (SSSR count). The Labute approximate surface area is 119 Å². The number of nitrogens with one attached hydrogen (secondary N) is 2. The third-order valence-corrected chi connectivity index (χ3v) is 3.55. The molecule has 0 aromatic heterocycles. The summed E-state index contributed by atoms with van der Waals surface area (Å²) < 4.78 is 12.9.